The molecule has 0 fully saturated rings. The summed E-state index contributed by atoms with van der Waals surface area (Å²) < 4.78 is 5.63. The first-order valence-corrected chi connectivity index (χ1v) is 7.87. The van der Waals surface area contributed by atoms with Gasteiger partial charge in [0.1, 0.15) is 12.1 Å². The van der Waals surface area contributed by atoms with E-state index < -0.39 is 0 Å². The summed E-state index contributed by atoms with van der Waals surface area (Å²) in [6.45, 7) is 7.90. The van der Waals surface area contributed by atoms with Crippen LogP contribution in [0.3, 0.4) is 0 Å². The Labute approximate surface area is 137 Å². The molecule has 0 bridgehead atoms. The second-order valence-corrected chi connectivity index (χ2v) is 5.67. The number of nitrogens with one attached hydrogen (secondary N) is 1. The van der Waals surface area contributed by atoms with Crippen molar-refractivity contribution in [3.63, 3.8) is 0 Å². The van der Waals surface area contributed by atoms with E-state index in [1.807, 2.05) is 52.0 Å². The van der Waals surface area contributed by atoms with E-state index in [0.29, 0.717) is 12.0 Å². The van der Waals surface area contributed by atoms with E-state index in [1.165, 1.54) is 6.33 Å². The highest BCUT2D eigenvalue weighted by Gasteiger charge is 2.15. The zero-order valence-electron chi connectivity index (χ0n) is 14.0. The lowest BCUT2D eigenvalue weighted by atomic mass is 10.1. The molecule has 0 aliphatic carbocycles. The van der Waals surface area contributed by atoms with Gasteiger partial charge in [-0.05, 0) is 44.9 Å². The minimum absolute atomic E-state index is 0.111. The Balaban J connectivity index is 2.06. The second kappa shape index (κ2) is 7.72. The molecule has 0 radical (unpaired) electrons. The average molecular weight is 313 g/mol. The molecule has 1 N–H and O–H groups in total. The smallest absolute Gasteiger partial charge is 0.255 e. The van der Waals surface area contributed by atoms with E-state index in [9.17, 15) is 4.79 Å². The molecule has 122 valence electrons. The highest BCUT2D eigenvalue weighted by Crippen LogP contribution is 2.19. The van der Waals surface area contributed by atoms with Crippen LogP contribution in [0.2, 0.25) is 0 Å². The number of carbonyl (C=O) groups excluding carboxylic acids is 1. The van der Waals surface area contributed by atoms with Crippen molar-refractivity contribution in [1.82, 2.24) is 15.3 Å². The third-order valence-corrected chi connectivity index (χ3v) is 3.47. The Morgan fingerprint density at radius 3 is 2.52 bits per heavy atom. The number of carbonyl (C=O) groups is 1. The Kier molecular flexibility index (Phi) is 5.68. The number of rotatable bonds is 6. The number of aromatic nitrogens is 2. The number of hydrogen-bond donors (Lipinski definition) is 1. The summed E-state index contributed by atoms with van der Waals surface area (Å²) in [6.07, 6.45) is 3.87. The summed E-state index contributed by atoms with van der Waals surface area (Å²) in [7, 11) is 0. The molecule has 1 aromatic heterocycles. The van der Waals surface area contributed by atoms with Crippen molar-refractivity contribution in [3.8, 4) is 5.75 Å². The summed E-state index contributed by atoms with van der Waals surface area (Å²) in [4.78, 5) is 20.5. The van der Waals surface area contributed by atoms with Crippen molar-refractivity contribution in [1.29, 1.82) is 0 Å². The quantitative estimate of drug-likeness (QED) is 0.888. The van der Waals surface area contributed by atoms with Crippen LogP contribution in [0.25, 0.3) is 0 Å². The fourth-order valence-corrected chi connectivity index (χ4v) is 2.29. The predicted octanol–water partition coefficient (Wildman–Crippen LogP) is 3.32. The third kappa shape index (κ3) is 4.52. The summed E-state index contributed by atoms with van der Waals surface area (Å²) in [5.41, 5.74) is 2.30. The Bertz CT molecular complexity index is 654. The van der Waals surface area contributed by atoms with Gasteiger partial charge in [0, 0.05) is 6.20 Å². The lowest BCUT2D eigenvalue weighted by Crippen LogP contribution is -2.28. The molecule has 1 aromatic carbocycles. The number of nitrogens with zero attached hydrogens (tertiary/aromatic N) is 2. The van der Waals surface area contributed by atoms with Gasteiger partial charge in [-0.1, -0.05) is 19.1 Å². The topological polar surface area (TPSA) is 64.1 Å². The van der Waals surface area contributed by atoms with Gasteiger partial charge in [0.25, 0.3) is 5.91 Å². The number of ether oxygens (including phenoxy) is 1. The SMILES string of the molecule is CCc1ncncc1C(=O)NC(C)c1ccc(OC(C)C)cc1. The van der Waals surface area contributed by atoms with Crippen LogP contribution >= 0.6 is 0 Å². The maximum Gasteiger partial charge on any atom is 0.255 e. The number of amides is 1. The maximum atomic E-state index is 12.4. The number of benzene rings is 1. The van der Waals surface area contributed by atoms with Crippen molar-refractivity contribution in [3.05, 3.63) is 53.6 Å². The summed E-state index contributed by atoms with van der Waals surface area (Å²) in [6, 6.07) is 7.65. The molecule has 1 amide bonds. The summed E-state index contributed by atoms with van der Waals surface area (Å²) in [5, 5.41) is 2.99. The van der Waals surface area contributed by atoms with Crippen LogP contribution in [0.5, 0.6) is 5.75 Å². The van der Waals surface area contributed by atoms with Crippen LogP contribution in [-0.2, 0) is 6.42 Å². The normalized spacial score (nSPS) is 12.0. The molecule has 0 spiro atoms. The first-order chi connectivity index (χ1) is 11.0. The van der Waals surface area contributed by atoms with Crippen LogP contribution in [-0.4, -0.2) is 22.0 Å². The molecular weight excluding hydrogens is 290 g/mol. The van der Waals surface area contributed by atoms with Gasteiger partial charge in [-0.25, -0.2) is 9.97 Å². The first kappa shape index (κ1) is 16.9. The first-order valence-electron chi connectivity index (χ1n) is 7.87. The minimum Gasteiger partial charge on any atom is -0.491 e. The van der Waals surface area contributed by atoms with E-state index in [4.69, 9.17) is 4.74 Å². The van der Waals surface area contributed by atoms with Crippen LogP contribution in [0.1, 0.15) is 55.4 Å². The number of hydrogen-bond acceptors (Lipinski definition) is 4. The highest BCUT2D eigenvalue weighted by molar-refractivity contribution is 5.95. The molecule has 1 heterocycles. The van der Waals surface area contributed by atoms with Crippen molar-refractivity contribution in [2.45, 2.75) is 46.3 Å². The van der Waals surface area contributed by atoms with Crippen molar-refractivity contribution < 1.29 is 9.53 Å². The molecule has 23 heavy (non-hydrogen) atoms. The van der Waals surface area contributed by atoms with Crippen LogP contribution in [0.4, 0.5) is 0 Å². The van der Waals surface area contributed by atoms with Gasteiger partial charge in [0.05, 0.1) is 23.4 Å². The molecule has 0 aliphatic rings. The van der Waals surface area contributed by atoms with Gasteiger partial charge in [-0.2, -0.15) is 0 Å². The van der Waals surface area contributed by atoms with E-state index in [1.54, 1.807) is 6.20 Å². The van der Waals surface area contributed by atoms with Crippen molar-refractivity contribution in [2.24, 2.45) is 0 Å². The number of aryl methyl sites for hydroxylation is 1. The third-order valence-electron chi connectivity index (χ3n) is 3.47. The van der Waals surface area contributed by atoms with Gasteiger partial charge < -0.3 is 10.1 Å². The average Bonchev–Trinajstić information content (AvgIpc) is 2.54. The van der Waals surface area contributed by atoms with E-state index >= 15 is 0 Å². The van der Waals surface area contributed by atoms with Crippen LogP contribution < -0.4 is 10.1 Å². The predicted molar refractivity (Wildman–Crippen MR) is 89.5 cm³/mol. The monoisotopic (exact) mass is 313 g/mol. The standard InChI is InChI=1S/C18H23N3O2/c1-5-17-16(10-19-11-20-17)18(22)21-13(4)14-6-8-15(9-7-14)23-12(2)3/h6-13H,5H2,1-4H3,(H,21,22). The molecule has 5 nitrogen and oxygen atoms in total. The molecule has 2 rings (SSSR count). The van der Waals surface area contributed by atoms with Gasteiger partial charge >= 0.3 is 0 Å². The fourth-order valence-electron chi connectivity index (χ4n) is 2.29. The molecule has 0 aliphatic heterocycles. The van der Waals surface area contributed by atoms with Gasteiger partial charge in [0.2, 0.25) is 0 Å². The highest BCUT2D eigenvalue weighted by atomic mass is 16.5. The van der Waals surface area contributed by atoms with Gasteiger partial charge in [-0.3, -0.25) is 4.79 Å². The van der Waals surface area contributed by atoms with Crippen molar-refractivity contribution >= 4 is 5.91 Å². The molecule has 1 unspecified atom stereocenters. The molecule has 0 saturated carbocycles. The summed E-state index contributed by atoms with van der Waals surface area (Å²) >= 11 is 0. The zero-order chi connectivity index (χ0) is 16.8. The van der Waals surface area contributed by atoms with E-state index in [0.717, 1.165) is 17.0 Å². The molecule has 0 saturated heterocycles. The Morgan fingerprint density at radius 1 is 1.22 bits per heavy atom. The lowest BCUT2D eigenvalue weighted by molar-refractivity contribution is 0.0938. The second-order valence-electron chi connectivity index (χ2n) is 5.67. The van der Waals surface area contributed by atoms with E-state index in [-0.39, 0.29) is 18.1 Å². The van der Waals surface area contributed by atoms with Crippen LogP contribution in [0, 0.1) is 0 Å². The fraction of sp³-hybridized carbons (Fsp3) is 0.389. The molecule has 2 aromatic rings. The van der Waals surface area contributed by atoms with Crippen molar-refractivity contribution in [2.75, 3.05) is 0 Å². The van der Waals surface area contributed by atoms with E-state index in [2.05, 4.69) is 15.3 Å². The molecule has 5 heteroatoms. The largest absolute Gasteiger partial charge is 0.491 e. The van der Waals surface area contributed by atoms with Gasteiger partial charge in [-0.15, -0.1) is 0 Å². The maximum absolute atomic E-state index is 12.4. The van der Waals surface area contributed by atoms with Crippen LogP contribution in [0.15, 0.2) is 36.8 Å². The molecule has 1 atom stereocenters. The summed E-state index contributed by atoms with van der Waals surface area (Å²) in [5.74, 6) is 0.671. The minimum atomic E-state index is -0.155. The Hall–Kier alpha value is -2.43. The zero-order valence-corrected chi connectivity index (χ0v) is 14.0. The molecular formula is C18H23N3O2. The van der Waals surface area contributed by atoms with Gasteiger partial charge in [0.15, 0.2) is 0 Å². The lowest BCUT2D eigenvalue weighted by Gasteiger charge is -2.16. The Morgan fingerprint density at radius 2 is 1.91 bits per heavy atom.